The lowest BCUT2D eigenvalue weighted by atomic mass is 10.1. The monoisotopic (exact) mass is 261 g/mol. The van der Waals surface area contributed by atoms with Crippen molar-refractivity contribution in [1.29, 1.82) is 0 Å². The van der Waals surface area contributed by atoms with Crippen LogP contribution in [-0.2, 0) is 6.54 Å². The number of hydrogen-bond donors (Lipinski definition) is 1. The Balaban J connectivity index is 1.90. The molecule has 1 atom stereocenters. The number of nitrogens with one attached hydrogen (secondary N) is 1. The van der Waals surface area contributed by atoms with Gasteiger partial charge in [-0.25, -0.2) is 0 Å². The van der Waals surface area contributed by atoms with Gasteiger partial charge in [-0.15, -0.1) is 5.10 Å². The molecule has 100 valence electrons. The first-order valence-corrected chi connectivity index (χ1v) is 5.98. The molecule has 1 N–H and O–H groups in total. The number of aromatic nitrogens is 3. The molecular formula is C12H15N5O2. The number of hydrogen-bond acceptors (Lipinski definition) is 5. The van der Waals surface area contributed by atoms with Crippen molar-refractivity contribution in [3.8, 4) is 0 Å². The van der Waals surface area contributed by atoms with E-state index in [1.165, 1.54) is 6.07 Å². The SMILES string of the molecule is CC(NCCn1ccnn1)c1cccc([N+](=O)[O-])c1. The minimum absolute atomic E-state index is 0.0448. The van der Waals surface area contributed by atoms with Gasteiger partial charge in [0, 0.05) is 30.9 Å². The third-order valence-corrected chi connectivity index (χ3v) is 2.84. The molecule has 2 rings (SSSR count). The average molecular weight is 261 g/mol. The molecule has 0 amide bonds. The summed E-state index contributed by atoms with van der Waals surface area (Å²) in [5, 5.41) is 21.6. The number of nitro benzene ring substituents is 1. The quantitative estimate of drug-likeness (QED) is 0.629. The van der Waals surface area contributed by atoms with Crippen LogP contribution >= 0.6 is 0 Å². The molecule has 0 saturated carbocycles. The van der Waals surface area contributed by atoms with Crippen molar-refractivity contribution in [3.63, 3.8) is 0 Å². The van der Waals surface area contributed by atoms with Crippen LogP contribution in [0.3, 0.4) is 0 Å². The lowest BCUT2D eigenvalue weighted by Crippen LogP contribution is -2.23. The molecule has 0 aliphatic rings. The summed E-state index contributed by atoms with van der Waals surface area (Å²) in [6.07, 6.45) is 3.42. The fourth-order valence-electron chi connectivity index (χ4n) is 1.77. The number of nitro groups is 1. The standard InChI is InChI=1S/C12H15N5O2/c1-10(13-5-7-16-8-6-14-15-16)11-3-2-4-12(9-11)17(18)19/h2-4,6,8-10,13H,5,7H2,1H3. The molecule has 0 radical (unpaired) electrons. The second kappa shape index (κ2) is 6.05. The van der Waals surface area contributed by atoms with Gasteiger partial charge < -0.3 is 5.32 Å². The molecule has 2 aromatic rings. The van der Waals surface area contributed by atoms with Crippen molar-refractivity contribution in [2.24, 2.45) is 0 Å². The van der Waals surface area contributed by atoms with Crippen molar-refractivity contribution in [2.45, 2.75) is 19.5 Å². The summed E-state index contributed by atoms with van der Waals surface area (Å²) < 4.78 is 1.73. The topological polar surface area (TPSA) is 85.9 Å². The number of rotatable bonds is 6. The Labute approximate surface area is 110 Å². The molecule has 1 heterocycles. The Kier molecular flexibility index (Phi) is 4.19. The minimum Gasteiger partial charge on any atom is -0.308 e. The Bertz CT molecular complexity index is 541. The van der Waals surface area contributed by atoms with Gasteiger partial charge in [-0.2, -0.15) is 0 Å². The first kappa shape index (κ1) is 13.2. The van der Waals surface area contributed by atoms with E-state index in [1.807, 2.05) is 13.0 Å². The van der Waals surface area contributed by atoms with Crippen molar-refractivity contribution in [3.05, 3.63) is 52.3 Å². The molecule has 0 spiro atoms. The van der Waals surface area contributed by atoms with E-state index in [-0.39, 0.29) is 16.7 Å². The number of nitrogens with zero attached hydrogens (tertiary/aromatic N) is 4. The van der Waals surface area contributed by atoms with Gasteiger partial charge in [0.1, 0.15) is 0 Å². The van der Waals surface area contributed by atoms with Gasteiger partial charge in [0.25, 0.3) is 5.69 Å². The van der Waals surface area contributed by atoms with Crippen molar-refractivity contribution >= 4 is 5.69 Å². The van der Waals surface area contributed by atoms with E-state index < -0.39 is 0 Å². The van der Waals surface area contributed by atoms with Crippen LogP contribution in [0.1, 0.15) is 18.5 Å². The van der Waals surface area contributed by atoms with Crippen LogP contribution in [0, 0.1) is 10.1 Å². The van der Waals surface area contributed by atoms with Crippen LogP contribution in [-0.4, -0.2) is 26.5 Å². The van der Waals surface area contributed by atoms with E-state index in [9.17, 15) is 10.1 Å². The smallest absolute Gasteiger partial charge is 0.269 e. The highest BCUT2D eigenvalue weighted by Gasteiger charge is 2.10. The summed E-state index contributed by atoms with van der Waals surface area (Å²) in [6.45, 7) is 3.40. The molecule has 0 bridgehead atoms. The van der Waals surface area contributed by atoms with Crippen LogP contribution in [0.15, 0.2) is 36.7 Å². The zero-order valence-corrected chi connectivity index (χ0v) is 10.6. The highest BCUT2D eigenvalue weighted by atomic mass is 16.6. The maximum Gasteiger partial charge on any atom is 0.269 e. The van der Waals surface area contributed by atoms with Gasteiger partial charge in [0.15, 0.2) is 0 Å². The average Bonchev–Trinajstić information content (AvgIpc) is 2.92. The second-order valence-corrected chi connectivity index (χ2v) is 4.19. The maximum absolute atomic E-state index is 10.7. The molecule has 0 aliphatic carbocycles. The largest absolute Gasteiger partial charge is 0.308 e. The van der Waals surface area contributed by atoms with E-state index >= 15 is 0 Å². The molecular weight excluding hydrogens is 246 g/mol. The number of non-ortho nitro benzene ring substituents is 1. The van der Waals surface area contributed by atoms with Gasteiger partial charge in [0.05, 0.1) is 17.7 Å². The zero-order valence-electron chi connectivity index (χ0n) is 10.6. The zero-order chi connectivity index (χ0) is 13.7. The van der Waals surface area contributed by atoms with Gasteiger partial charge >= 0.3 is 0 Å². The van der Waals surface area contributed by atoms with Crippen molar-refractivity contribution in [2.75, 3.05) is 6.54 Å². The summed E-state index contributed by atoms with van der Waals surface area (Å²) >= 11 is 0. The first-order valence-electron chi connectivity index (χ1n) is 5.98. The van der Waals surface area contributed by atoms with Gasteiger partial charge in [-0.05, 0) is 12.5 Å². The van der Waals surface area contributed by atoms with E-state index in [0.29, 0.717) is 13.1 Å². The van der Waals surface area contributed by atoms with Crippen LogP contribution in [0.5, 0.6) is 0 Å². The van der Waals surface area contributed by atoms with Gasteiger partial charge in [-0.3, -0.25) is 14.8 Å². The number of benzene rings is 1. The van der Waals surface area contributed by atoms with E-state index in [4.69, 9.17) is 0 Å². The summed E-state index contributed by atoms with van der Waals surface area (Å²) in [5.74, 6) is 0. The van der Waals surface area contributed by atoms with E-state index in [1.54, 1.807) is 29.2 Å². The minimum atomic E-state index is -0.383. The Morgan fingerprint density at radius 2 is 2.37 bits per heavy atom. The molecule has 0 saturated heterocycles. The summed E-state index contributed by atoms with van der Waals surface area (Å²) in [7, 11) is 0. The molecule has 1 aromatic heterocycles. The fraction of sp³-hybridized carbons (Fsp3) is 0.333. The highest BCUT2D eigenvalue weighted by Crippen LogP contribution is 2.18. The maximum atomic E-state index is 10.7. The molecule has 0 fully saturated rings. The Morgan fingerprint density at radius 3 is 3.05 bits per heavy atom. The van der Waals surface area contributed by atoms with Crippen molar-refractivity contribution < 1.29 is 4.92 Å². The molecule has 1 unspecified atom stereocenters. The van der Waals surface area contributed by atoms with Gasteiger partial charge in [-0.1, -0.05) is 17.3 Å². The predicted molar refractivity (Wildman–Crippen MR) is 69.5 cm³/mol. The molecule has 1 aromatic carbocycles. The molecule has 19 heavy (non-hydrogen) atoms. The van der Waals surface area contributed by atoms with Crippen LogP contribution in [0.2, 0.25) is 0 Å². The summed E-state index contributed by atoms with van der Waals surface area (Å²) in [5.41, 5.74) is 1.01. The fourth-order valence-corrected chi connectivity index (χ4v) is 1.77. The molecule has 0 aliphatic heterocycles. The Hall–Kier alpha value is -2.28. The molecule has 7 nitrogen and oxygen atoms in total. The van der Waals surface area contributed by atoms with E-state index in [0.717, 1.165) is 5.56 Å². The normalized spacial score (nSPS) is 12.3. The summed E-state index contributed by atoms with van der Waals surface area (Å²) in [6, 6.07) is 6.70. The van der Waals surface area contributed by atoms with Crippen molar-refractivity contribution in [1.82, 2.24) is 20.3 Å². The lowest BCUT2D eigenvalue weighted by Gasteiger charge is -2.13. The van der Waals surface area contributed by atoms with Crippen LogP contribution in [0.25, 0.3) is 0 Å². The lowest BCUT2D eigenvalue weighted by molar-refractivity contribution is -0.384. The third-order valence-electron chi connectivity index (χ3n) is 2.84. The highest BCUT2D eigenvalue weighted by molar-refractivity contribution is 5.35. The van der Waals surface area contributed by atoms with Crippen LogP contribution < -0.4 is 5.32 Å². The first-order chi connectivity index (χ1) is 9.16. The molecule has 7 heteroatoms. The van der Waals surface area contributed by atoms with Crippen LogP contribution in [0.4, 0.5) is 5.69 Å². The Morgan fingerprint density at radius 1 is 1.53 bits per heavy atom. The van der Waals surface area contributed by atoms with E-state index in [2.05, 4.69) is 15.6 Å². The second-order valence-electron chi connectivity index (χ2n) is 4.19. The predicted octanol–water partition coefficient (Wildman–Crippen LogP) is 1.54. The van der Waals surface area contributed by atoms with Gasteiger partial charge in [0.2, 0.25) is 0 Å². The third kappa shape index (κ3) is 3.59. The summed E-state index contributed by atoms with van der Waals surface area (Å²) in [4.78, 5) is 10.3.